The highest BCUT2D eigenvalue weighted by Gasteiger charge is 2.33. The van der Waals surface area contributed by atoms with Crippen LogP contribution in [-0.2, 0) is 4.74 Å². The average molecular weight is 407 g/mol. The van der Waals surface area contributed by atoms with Crippen LogP contribution in [0.2, 0.25) is 5.02 Å². The zero-order chi connectivity index (χ0) is 20.4. The molecule has 0 atom stereocenters. The molecule has 0 amide bonds. The third kappa shape index (κ3) is 3.52. The summed E-state index contributed by atoms with van der Waals surface area (Å²) in [6, 6.07) is 18.1. The lowest BCUT2D eigenvalue weighted by molar-refractivity contribution is 0.0448. The molecule has 0 fully saturated rings. The molecule has 29 heavy (non-hydrogen) atoms. The van der Waals surface area contributed by atoms with Gasteiger partial charge in [0.25, 0.3) is 0 Å². The summed E-state index contributed by atoms with van der Waals surface area (Å²) in [4.78, 5) is 38.3. The summed E-state index contributed by atoms with van der Waals surface area (Å²) in [5.41, 5.74) is 0.966. The molecular formula is C23H15ClO5. The summed E-state index contributed by atoms with van der Waals surface area (Å²) in [7, 11) is 0. The Morgan fingerprint density at radius 2 is 1.41 bits per heavy atom. The smallest absolute Gasteiger partial charge is 0.339 e. The Morgan fingerprint density at radius 1 is 0.759 bits per heavy atom. The highest BCUT2D eigenvalue weighted by molar-refractivity contribution is 6.32. The van der Waals surface area contributed by atoms with E-state index in [2.05, 4.69) is 0 Å². The van der Waals surface area contributed by atoms with E-state index in [1.807, 2.05) is 0 Å². The lowest BCUT2D eigenvalue weighted by Crippen LogP contribution is -2.24. The third-order valence-electron chi connectivity index (χ3n) is 4.58. The number of hydrogen-bond donors (Lipinski definition) is 0. The molecular weight excluding hydrogens is 392 g/mol. The van der Waals surface area contributed by atoms with E-state index in [9.17, 15) is 14.4 Å². The van der Waals surface area contributed by atoms with Gasteiger partial charge in [-0.25, -0.2) is 4.79 Å². The molecule has 1 aliphatic carbocycles. The molecule has 5 nitrogen and oxygen atoms in total. The van der Waals surface area contributed by atoms with E-state index >= 15 is 0 Å². The van der Waals surface area contributed by atoms with Crippen LogP contribution in [0, 0.1) is 0 Å². The van der Waals surface area contributed by atoms with Crippen molar-refractivity contribution in [3.63, 3.8) is 0 Å². The maximum absolute atomic E-state index is 12.9. The summed E-state index contributed by atoms with van der Waals surface area (Å²) >= 11 is 6.01. The molecule has 0 aromatic heterocycles. The number of fused-ring (bicyclic) bond motifs is 2. The van der Waals surface area contributed by atoms with Gasteiger partial charge in [0, 0.05) is 22.3 Å². The maximum atomic E-state index is 12.9. The maximum Gasteiger partial charge on any atom is 0.339 e. The van der Waals surface area contributed by atoms with E-state index in [1.54, 1.807) is 60.7 Å². The Bertz CT molecular complexity index is 1140. The number of para-hydroxylation sites is 1. The normalized spacial score (nSPS) is 12.2. The Balaban J connectivity index is 1.51. The fraction of sp³-hybridized carbons (Fsp3) is 0.0870. The average Bonchev–Trinajstić information content (AvgIpc) is 2.75. The molecule has 0 spiro atoms. The van der Waals surface area contributed by atoms with Crippen LogP contribution >= 0.6 is 11.6 Å². The summed E-state index contributed by atoms with van der Waals surface area (Å²) in [5.74, 6) is -0.855. The van der Waals surface area contributed by atoms with Crippen LogP contribution in [0.3, 0.4) is 0 Å². The molecule has 0 aliphatic heterocycles. The van der Waals surface area contributed by atoms with E-state index in [4.69, 9.17) is 21.1 Å². The second kappa shape index (κ2) is 7.89. The Morgan fingerprint density at radius 3 is 2.17 bits per heavy atom. The standard InChI is InChI=1S/C23H15ClO5/c24-18-10-3-4-11-19(18)28-12-13-29-23(27)17-9-5-8-16-20(17)22(26)15-7-2-1-6-14(15)21(16)25/h1-11H,12-13H2. The topological polar surface area (TPSA) is 69.7 Å². The summed E-state index contributed by atoms with van der Waals surface area (Å²) in [5, 5.41) is 0.457. The molecule has 4 rings (SSSR count). The second-order valence-corrected chi connectivity index (χ2v) is 6.75. The van der Waals surface area contributed by atoms with E-state index in [0.717, 1.165) is 0 Å². The first-order valence-corrected chi connectivity index (χ1v) is 9.31. The number of ether oxygens (including phenoxy) is 2. The monoisotopic (exact) mass is 406 g/mol. The molecule has 0 radical (unpaired) electrons. The largest absolute Gasteiger partial charge is 0.488 e. The van der Waals surface area contributed by atoms with Gasteiger partial charge in [-0.2, -0.15) is 0 Å². The predicted octanol–water partition coefficient (Wildman–Crippen LogP) is 4.35. The summed E-state index contributed by atoms with van der Waals surface area (Å²) in [6.07, 6.45) is 0. The van der Waals surface area contributed by atoms with Crippen molar-refractivity contribution in [2.75, 3.05) is 13.2 Å². The molecule has 6 heteroatoms. The highest BCUT2D eigenvalue weighted by atomic mass is 35.5. The minimum Gasteiger partial charge on any atom is -0.488 e. The number of ketones is 2. The zero-order valence-corrected chi connectivity index (χ0v) is 15.9. The van der Waals surface area contributed by atoms with E-state index in [1.165, 1.54) is 6.07 Å². The second-order valence-electron chi connectivity index (χ2n) is 6.35. The van der Waals surface area contributed by atoms with Gasteiger partial charge in [0.15, 0.2) is 11.6 Å². The van der Waals surface area contributed by atoms with Crippen molar-refractivity contribution in [3.05, 3.63) is 99.6 Å². The first kappa shape index (κ1) is 18.9. The van der Waals surface area contributed by atoms with E-state index in [0.29, 0.717) is 16.3 Å². The SMILES string of the molecule is O=C(OCCOc1ccccc1Cl)c1cccc2c1C(=O)c1ccccc1C2=O. The molecule has 144 valence electrons. The van der Waals surface area contributed by atoms with Gasteiger partial charge >= 0.3 is 5.97 Å². The Hall–Kier alpha value is -3.44. The Labute approximate surface area is 171 Å². The van der Waals surface area contributed by atoms with Crippen LogP contribution in [0.1, 0.15) is 42.2 Å². The molecule has 1 aliphatic rings. The van der Waals surface area contributed by atoms with Crippen molar-refractivity contribution >= 4 is 29.1 Å². The third-order valence-corrected chi connectivity index (χ3v) is 4.90. The van der Waals surface area contributed by atoms with Crippen molar-refractivity contribution in [1.29, 1.82) is 0 Å². The minimum atomic E-state index is -0.690. The number of rotatable bonds is 5. The van der Waals surface area contributed by atoms with Crippen molar-refractivity contribution in [3.8, 4) is 5.75 Å². The van der Waals surface area contributed by atoms with Gasteiger partial charge in [-0.1, -0.05) is 60.1 Å². The number of hydrogen-bond acceptors (Lipinski definition) is 5. The Kier molecular flexibility index (Phi) is 5.14. The van der Waals surface area contributed by atoms with Gasteiger partial charge in [0.2, 0.25) is 0 Å². The van der Waals surface area contributed by atoms with Crippen LogP contribution in [0.4, 0.5) is 0 Å². The lowest BCUT2D eigenvalue weighted by Gasteiger charge is -2.19. The van der Waals surface area contributed by atoms with Gasteiger partial charge in [-0.3, -0.25) is 9.59 Å². The van der Waals surface area contributed by atoms with Crippen LogP contribution in [0.15, 0.2) is 66.7 Å². The van der Waals surface area contributed by atoms with Crippen molar-refractivity contribution in [2.45, 2.75) is 0 Å². The molecule has 3 aromatic carbocycles. The van der Waals surface area contributed by atoms with Crippen LogP contribution in [0.5, 0.6) is 5.75 Å². The molecule has 0 saturated heterocycles. The first-order chi connectivity index (χ1) is 14.1. The fourth-order valence-electron chi connectivity index (χ4n) is 3.24. The van der Waals surface area contributed by atoms with Crippen molar-refractivity contribution in [1.82, 2.24) is 0 Å². The quantitative estimate of drug-likeness (QED) is 0.364. The number of benzene rings is 3. The number of carbonyl (C=O) groups excluding carboxylic acids is 3. The van der Waals surface area contributed by atoms with Crippen molar-refractivity contribution in [2.24, 2.45) is 0 Å². The van der Waals surface area contributed by atoms with Crippen LogP contribution in [-0.4, -0.2) is 30.7 Å². The minimum absolute atomic E-state index is 0.0353. The molecule has 0 N–H and O–H groups in total. The van der Waals surface area contributed by atoms with Gasteiger partial charge in [0.1, 0.15) is 19.0 Å². The summed E-state index contributed by atoms with van der Waals surface area (Å²) < 4.78 is 10.7. The molecule has 0 heterocycles. The zero-order valence-electron chi connectivity index (χ0n) is 15.2. The van der Waals surface area contributed by atoms with Gasteiger partial charge in [-0.15, -0.1) is 0 Å². The highest BCUT2D eigenvalue weighted by Crippen LogP contribution is 2.30. The molecule has 3 aromatic rings. The molecule has 0 unspecified atom stereocenters. The van der Waals surface area contributed by atoms with Gasteiger partial charge in [0.05, 0.1) is 10.6 Å². The number of halogens is 1. The van der Waals surface area contributed by atoms with Crippen molar-refractivity contribution < 1.29 is 23.9 Å². The van der Waals surface area contributed by atoms with E-state index < -0.39 is 5.97 Å². The predicted molar refractivity (Wildman–Crippen MR) is 107 cm³/mol. The van der Waals surface area contributed by atoms with Crippen LogP contribution in [0.25, 0.3) is 0 Å². The lowest BCUT2D eigenvalue weighted by atomic mass is 9.82. The summed E-state index contributed by atoms with van der Waals surface area (Å²) in [6.45, 7) is 0.0622. The van der Waals surface area contributed by atoms with Gasteiger partial charge < -0.3 is 9.47 Å². The number of carbonyl (C=O) groups is 3. The van der Waals surface area contributed by atoms with Crippen LogP contribution < -0.4 is 4.74 Å². The molecule has 0 saturated carbocycles. The first-order valence-electron chi connectivity index (χ1n) is 8.94. The van der Waals surface area contributed by atoms with E-state index in [-0.39, 0.29) is 47.0 Å². The molecule has 0 bridgehead atoms. The fourth-order valence-corrected chi connectivity index (χ4v) is 3.43. The van der Waals surface area contributed by atoms with Gasteiger partial charge in [-0.05, 0) is 18.2 Å². The number of esters is 1.